The van der Waals surface area contributed by atoms with E-state index in [2.05, 4.69) is 0 Å². The van der Waals surface area contributed by atoms with Gasteiger partial charge in [0.2, 0.25) is 11.8 Å². The monoisotopic (exact) mass is 331 g/mol. The number of carbonyl (C=O) groups excluding carboxylic acids is 2. The number of halogens is 4. The lowest BCUT2D eigenvalue weighted by Gasteiger charge is -2.19. The van der Waals surface area contributed by atoms with E-state index in [9.17, 15) is 22.8 Å². The molecule has 2 aliphatic rings. The summed E-state index contributed by atoms with van der Waals surface area (Å²) in [5, 5.41) is -0.0339. The molecule has 1 saturated heterocycles. The first-order valence-electron chi connectivity index (χ1n) is 7.05. The molecule has 1 aromatic rings. The van der Waals surface area contributed by atoms with Crippen molar-refractivity contribution in [2.75, 3.05) is 4.90 Å². The SMILES string of the molecule is O=C1C2CCCCC2C(=O)N1c1cc(C(F)(F)F)ccc1Cl. The Kier molecular flexibility index (Phi) is 3.67. The maximum atomic E-state index is 12.8. The second-order valence-electron chi connectivity index (χ2n) is 5.67. The van der Waals surface area contributed by atoms with E-state index in [1.807, 2.05) is 0 Å². The van der Waals surface area contributed by atoms with Crippen LogP contribution in [-0.4, -0.2) is 11.8 Å². The third-order valence-corrected chi connectivity index (χ3v) is 4.68. The fourth-order valence-electron chi connectivity index (χ4n) is 3.26. The zero-order valence-electron chi connectivity index (χ0n) is 11.5. The summed E-state index contributed by atoms with van der Waals surface area (Å²) < 4.78 is 38.5. The molecule has 0 spiro atoms. The number of amides is 2. The van der Waals surface area contributed by atoms with E-state index in [0.717, 1.165) is 35.9 Å². The number of fused-ring (bicyclic) bond motifs is 1. The van der Waals surface area contributed by atoms with Crippen molar-refractivity contribution in [2.45, 2.75) is 31.9 Å². The maximum Gasteiger partial charge on any atom is 0.416 e. The summed E-state index contributed by atoms with van der Waals surface area (Å²) in [6.07, 6.45) is -1.66. The number of hydrogen-bond donors (Lipinski definition) is 0. The number of hydrogen-bond acceptors (Lipinski definition) is 2. The maximum absolute atomic E-state index is 12.8. The van der Waals surface area contributed by atoms with Crippen molar-refractivity contribution in [3.8, 4) is 0 Å². The van der Waals surface area contributed by atoms with Crippen LogP contribution in [-0.2, 0) is 15.8 Å². The van der Waals surface area contributed by atoms with Gasteiger partial charge >= 0.3 is 6.18 Å². The number of carbonyl (C=O) groups is 2. The summed E-state index contributed by atoms with van der Waals surface area (Å²) in [5.74, 6) is -1.72. The fourth-order valence-corrected chi connectivity index (χ4v) is 3.46. The van der Waals surface area contributed by atoms with Gasteiger partial charge in [0.15, 0.2) is 0 Å². The highest BCUT2D eigenvalue weighted by molar-refractivity contribution is 6.36. The third kappa shape index (κ3) is 2.39. The molecule has 1 aliphatic carbocycles. The van der Waals surface area contributed by atoms with E-state index in [4.69, 9.17) is 11.6 Å². The second kappa shape index (κ2) is 5.26. The van der Waals surface area contributed by atoms with Gasteiger partial charge in [0.25, 0.3) is 0 Å². The lowest BCUT2D eigenvalue weighted by Crippen LogP contribution is -2.31. The number of rotatable bonds is 1. The van der Waals surface area contributed by atoms with Gasteiger partial charge in [-0.25, -0.2) is 4.90 Å². The number of imide groups is 1. The van der Waals surface area contributed by atoms with Gasteiger partial charge < -0.3 is 0 Å². The summed E-state index contributed by atoms with van der Waals surface area (Å²) in [6, 6.07) is 2.68. The lowest BCUT2D eigenvalue weighted by molar-refractivity contribution is -0.137. The van der Waals surface area contributed by atoms with E-state index in [1.165, 1.54) is 0 Å². The molecule has 2 atom stereocenters. The van der Waals surface area contributed by atoms with Gasteiger partial charge in [-0.2, -0.15) is 13.2 Å². The van der Waals surface area contributed by atoms with E-state index in [-0.39, 0.29) is 10.7 Å². The lowest BCUT2D eigenvalue weighted by atomic mass is 9.81. The minimum absolute atomic E-state index is 0.0339. The Labute approximate surface area is 130 Å². The highest BCUT2D eigenvalue weighted by atomic mass is 35.5. The molecular formula is C15H13ClF3NO2. The second-order valence-corrected chi connectivity index (χ2v) is 6.08. The largest absolute Gasteiger partial charge is 0.416 e. The van der Waals surface area contributed by atoms with Gasteiger partial charge in [0.05, 0.1) is 28.1 Å². The van der Waals surface area contributed by atoms with Gasteiger partial charge in [-0.15, -0.1) is 0 Å². The summed E-state index contributed by atoms with van der Waals surface area (Å²) in [5.41, 5.74) is -1.09. The van der Waals surface area contributed by atoms with Gasteiger partial charge in [-0.05, 0) is 31.0 Å². The molecule has 7 heteroatoms. The molecule has 2 fully saturated rings. The third-order valence-electron chi connectivity index (χ3n) is 4.36. The number of benzene rings is 1. The van der Waals surface area contributed by atoms with Crippen molar-refractivity contribution in [3.05, 3.63) is 28.8 Å². The summed E-state index contributed by atoms with van der Waals surface area (Å²) >= 11 is 5.94. The minimum Gasteiger partial charge on any atom is -0.274 e. The minimum atomic E-state index is -4.56. The summed E-state index contributed by atoms with van der Waals surface area (Å²) in [7, 11) is 0. The smallest absolute Gasteiger partial charge is 0.274 e. The number of nitrogens with zero attached hydrogens (tertiary/aromatic N) is 1. The molecule has 0 N–H and O–H groups in total. The molecule has 0 bridgehead atoms. The molecule has 2 unspecified atom stereocenters. The molecule has 1 saturated carbocycles. The highest BCUT2D eigenvalue weighted by Gasteiger charge is 2.49. The Morgan fingerprint density at radius 2 is 1.59 bits per heavy atom. The van der Waals surface area contributed by atoms with Crippen LogP contribution in [0.4, 0.5) is 18.9 Å². The molecule has 3 nitrogen and oxygen atoms in total. The summed E-state index contributed by atoms with van der Waals surface area (Å²) in [4.78, 5) is 25.7. The van der Waals surface area contributed by atoms with Crippen molar-refractivity contribution in [1.29, 1.82) is 0 Å². The van der Waals surface area contributed by atoms with Gasteiger partial charge in [0.1, 0.15) is 0 Å². The van der Waals surface area contributed by atoms with Gasteiger partial charge in [-0.1, -0.05) is 24.4 Å². The molecule has 0 radical (unpaired) electrons. The average Bonchev–Trinajstić information content (AvgIpc) is 2.71. The van der Waals surface area contributed by atoms with Crippen LogP contribution in [0.25, 0.3) is 0 Å². The van der Waals surface area contributed by atoms with Gasteiger partial charge in [-0.3, -0.25) is 9.59 Å². The molecule has 0 aromatic heterocycles. The standard InChI is InChI=1S/C15H13ClF3NO2/c16-11-6-5-8(15(17,18)19)7-12(11)20-13(21)9-3-1-2-4-10(9)14(20)22/h5-7,9-10H,1-4H2. The zero-order chi connectivity index (χ0) is 16.1. The first-order valence-corrected chi connectivity index (χ1v) is 7.43. The molecule has 118 valence electrons. The Bertz CT molecular complexity index is 620. The van der Waals surface area contributed by atoms with Crippen LogP contribution in [0.15, 0.2) is 18.2 Å². The van der Waals surface area contributed by atoms with Crippen molar-refractivity contribution in [1.82, 2.24) is 0 Å². The Morgan fingerprint density at radius 1 is 1.05 bits per heavy atom. The van der Waals surface area contributed by atoms with Crippen molar-refractivity contribution < 1.29 is 22.8 Å². The quantitative estimate of drug-likeness (QED) is 0.728. The van der Waals surface area contributed by atoms with Crippen LogP contribution in [0.2, 0.25) is 5.02 Å². The predicted molar refractivity (Wildman–Crippen MR) is 74.4 cm³/mol. The fraction of sp³-hybridized carbons (Fsp3) is 0.467. The molecule has 2 amide bonds. The van der Waals surface area contributed by atoms with Gasteiger partial charge in [0, 0.05) is 0 Å². The Morgan fingerprint density at radius 3 is 2.09 bits per heavy atom. The molecule has 3 rings (SSSR count). The summed E-state index contributed by atoms with van der Waals surface area (Å²) in [6.45, 7) is 0. The van der Waals surface area contributed by atoms with Crippen molar-refractivity contribution >= 4 is 29.1 Å². The van der Waals surface area contributed by atoms with Crippen molar-refractivity contribution in [2.24, 2.45) is 11.8 Å². The van der Waals surface area contributed by atoms with Crippen LogP contribution < -0.4 is 4.90 Å². The van der Waals surface area contributed by atoms with E-state index in [0.29, 0.717) is 12.8 Å². The van der Waals surface area contributed by atoms with Crippen LogP contribution in [0.5, 0.6) is 0 Å². The molecule has 1 aromatic carbocycles. The number of anilines is 1. The molecule has 1 heterocycles. The molecule has 22 heavy (non-hydrogen) atoms. The normalized spacial score (nSPS) is 25.5. The van der Waals surface area contributed by atoms with Crippen LogP contribution in [0.1, 0.15) is 31.2 Å². The van der Waals surface area contributed by atoms with E-state index in [1.54, 1.807) is 0 Å². The Hall–Kier alpha value is -1.56. The van der Waals surface area contributed by atoms with Crippen LogP contribution in [0, 0.1) is 11.8 Å². The topological polar surface area (TPSA) is 37.4 Å². The Balaban J connectivity index is 2.03. The van der Waals surface area contributed by atoms with E-state index < -0.39 is 35.4 Å². The number of alkyl halides is 3. The first-order chi connectivity index (χ1) is 10.3. The predicted octanol–water partition coefficient (Wildman–Crippen LogP) is 4.04. The van der Waals surface area contributed by atoms with Crippen LogP contribution >= 0.6 is 11.6 Å². The average molecular weight is 332 g/mol. The van der Waals surface area contributed by atoms with Crippen LogP contribution in [0.3, 0.4) is 0 Å². The molecule has 1 aliphatic heterocycles. The van der Waals surface area contributed by atoms with Crippen molar-refractivity contribution in [3.63, 3.8) is 0 Å². The highest BCUT2D eigenvalue weighted by Crippen LogP contribution is 2.43. The molecular weight excluding hydrogens is 319 g/mol. The first kappa shape index (κ1) is 15.3. The zero-order valence-corrected chi connectivity index (χ0v) is 12.2. The van der Waals surface area contributed by atoms with E-state index >= 15 is 0 Å².